The van der Waals surface area contributed by atoms with Crippen molar-refractivity contribution < 1.29 is 4.79 Å². The average molecular weight is 407 g/mol. The van der Waals surface area contributed by atoms with Crippen LogP contribution in [0.5, 0.6) is 0 Å². The van der Waals surface area contributed by atoms with Gasteiger partial charge in [0.1, 0.15) is 0 Å². The fourth-order valence-electron chi connectivity index (χ4n) is 4.45. The molecule has 2 fully saturated rings. The molecule has 2 aromatic rings. The number of carbonyl (C=O) groups excluding carboxylic acids is 1. The first kappa shape index (κ1) is 21.7. The number of likely N-dealkylation sites (tertiary alicyclic amines) is 1. The summed E-state index contributed by atoms with van der Waals surface area (Å²) in [6, 6.07) is 15.9. The average Bonchev–Trinajstić information content (AvgIpc) is 2.92. The maximum absolute atomic E-state index is 12.2. The molecule has 1 amide bonds. The fourth-order valence-corrected chi connectivity index (χ4v) is 4.45. The van der Waals surface area contributed by atoms with E-state index in [9.17, 15) is 4.79 Å². The van der Waals surface area contributed by atoms with E-state index < -0.39 is 0 Å². The van der Waals surface area contributed by atoms with E-state index in [1.54, 1.807) is 0 Å². The minimum atomic E-state index is 0. The van der Waals surface area contributed by atoms with Gasteiger partial charge in [-0.25, -0.2) is 0 Å². The van der Waals surface area contributed by atoms with E-state index in [1.165, 1.54) is 29.2 Å². The van der Waals surface area contributed by atoms with Gasteiger partial charge in [-0.15, -0.1) is 24.8 Å². The smallest absolute Gasteiger partial charge is 0.222 e. The van der Waals surface area contributed by atoms with E-state index >= 15 is 0 Å². The summed E-state index contributed by atoms with van der Waals surface area (Å²) in [6.07, 6.45) is 7.49. The van der Waals surface area contributed by atoms with Gasteiger partial charge in [0.2, 0.25) is 5.91 Å². The first-order valence-corrected chi connectivity index (χ1v) is 9.44. The van der Waals surface area contributed by atoms with Crippen LogP contribution in [0.3, 0.4) is 0 Å². The van der Waals surface area contributed by atoms with Gasteiger partial charge in [0, 0.05) is 38.1 Å². The van der Waals surface area contributed by atoms with Crippen LogP contribution in [0.2, 0.25) is 0 Å². The van der Waals surface area contributed by atoms with Crippen molar-refractivity contribution in [3.05, 3.63) is 54.1 Å². The summed E-state index contributed by atoms with van der Waals surface area (Å²) in [7, 11) is 0. The van der Waals surface area contributed by atoms with Gasteiger partial charge in [0.15, 0.2) is 0 Å². The third-order valence-electron chi connectivity index (χ3n) is 5.63. The molecule has 2 heterocycles. The molecule has 0 N–H and O–H groups in total. The monoisotopic (exact) mass is 406 g/mol. The van der Waals surface area contributed by atoms with E-state index in [1.807, 2.05) is 6.92 Å². The predicted octanol–water partition coefficient (Wildman–Crippen LogP) is 4.78. The van der Waals surface area contributed by atoms with Crippen LogP contribution < -0.4 is 0 Å². The lowest BCUT2D eigenvalue weighted by Crippen LogP contribution is -2.55. The van der Waals surface area contributed by atoms with E-state index in [-0.39, 0.29) is 24.8 Å². The topological polar surface area (TPSA) is 23.6 Å². The Morgan fingerprint density at radius 2 is 1.70 bits per heavy atom. The molecule has 146 valence electrons. The van der Waals surface area contributed by atoms with Crippen LogP contribution in [-0.4, -0.2) is 47.4 Å². The highest BCUT2D eigenvalue weighted by molar-refractivity contribution is 5.90. The highest BCUT2D eigenvalue weighted by Crippen LogP contribution is 2.30. The van der Waals surface area contributed by atoms with Crippen molar-refractivity contribution in [2.75, 3.05) is 19.6 Å². The van der Waals surface area contributed by atoms with Crippen molar-refractivity contribution in [3.8, 4) is 0 Å². The number of fused-ring (bicyclic) bond motifs is 3. The van der Waals surface area contributed by atoms with Gasteiger partial charge in [0.25, 0.3) is 0 Å². The quantitative estimate of drug-likeness (QED) is 0.728. The van der Waals surface area contributed by atoms with Gasteiger partial charge in [-0.1, -0.05) is 61.5 Å². The molecule has 0 aliphatic carbocycles. The molecule has 2 saturated heterocycles. The maximum atomic E-state index is 12.2. The number of halogens is 2. The Bertz CT molecular complexity index is 789. The zero-order chi connectivity index (χ0) is 17.2. The Hall–Kier alpha value is -1.55. The van der Waals surface area contributed by atoms with Crippen LogP contribution in [0.4, 0.5) is 0 Å². The van der Waals surface area contributed by atoms with Gasteiger partial charge in [-0.05, 0) is 29.2 Å². The summed E-state index contributed by atoms with van der Waals surface area (Å²) in [4.78, 5) is 16.8. The Morgan fingerprint density at radius 3 is 2.41 bits per heavy atom. The Kier molecular flexibility index (Phi) is 7.72. The number of carbonyl (C=O) groups is 1. The summed E-state index contributed by atoms with van der Waals surface area (Å²) in [5.74, 6) is 0.332. The van der Waals surface area contributed by atoms with Crippen molar-refractivity contribution in [2.24, 2.45) is 0 Å². The molecule has 0 spiro atoms. The van der Waals surface area contributed by atoms with Gasteiger partial charge in [-0.3, -0.25) is 9.69 Å². The summed E-state index contributed by atoms with van der Waals surface area (Å²) < 4.78 is 0. The lowest BCUT2D eigenvalue weighted by atomic mass is 10.0. The third-order valence-corrected chi connectivity index (χ3v) is 5.63. The highest BCUT2D eigenvalue weighted by Gasteiger charge is 2.41. The Morgan fingerprint density at radius 1 is 1.04 bits per heavy atom. The molecule has 0 aromatic heterocycles. The second-order valence-corrected chi connectivity index (χ2v) is 7.23. The van der Waals surface area contributed by atoms with Crippen LogP contribution in [0.15, 0.2) is 48.5 Å². The van der Waals surface area contributed by atoms with Crippen LogP contribution in [0, 0.1) is 0 Å². The standard InChI is InChI=1S/C22H26N2O.2ClH/c1-2-22(25)24-19-12-13-20(24)16-23(15-19)14-6-10-18-9-5-8-17-7-3-4-11-21(17)18;;/h3-11,19-20H,2,12-16H2,1H3;2*1H/b10-6+;;. The minimum absolute atomic E-state index is 0. The molecular weight excluding hydrogens is 379 g/mol. The van der Waals surface area contributed by atoms with Crippen LogP contribution in [0.1, 0.15) is 31.7 Å². The van der Waals surface area contributed by atoms with E-state index in [0.29, 0.717) is 24.4 Å². The predicted molar refractivity (Wildman–Crippen MR) is 118 cm³/mol. The number of hydrogen-bond acceptors (Lipinski definition) is 2. The van der Waals surface area contributed by atoms with E-state index in [0.717, 1.165) is 19.6 Å². The van der Waals surface area contributed by atoms with E-state index in [2.05, 4.69) is 64.4 Å². The summed E-state index contributed by atoms with van der Waals surface area (Å²) in [5, 5.41) is 2.59. The van der Waals surface area contributed by atoms with Gasteiger partial charge < -0.3 is 4.90 Å². The second kappa shape index (κ2) is 9.59. The van der Waals surface area contributed by atoms with Crippen LogP contribution >= 0.6 is 24.8 Å². The SMILES string of the molecule is CCC(=O)N1C2CCC1CN(C/C=C/c1cccc3ccccc13)C2.Cl.Cl. The van der Waals surface area contributed by atoms with Crippen LogP contribution in [0.25, 0.3) is 16.8 Å². The Balaban J connectivity index is 0.00000131. The number of rotatable bonds is 4. The second-order valence-electron chi connectivity index (χ2n) is 7.23. The largest absolute Gasteiger partial charge is 0.334 e. The zero-order valence-corrected chi connectivity index (χ0v) is 17.3. The van der Waals surface area contributed by atoms with Crippen molar-refractivity contribution in [2.45, 2.75) is 38.3 Å². The molecule has 2 unspecified atom stereocenters. The molecule has 3 nitrogen and oxygen atoms in total. The first-order chi connectivity index (χ1) is 12.3. The first-order valence-electron chi connectivity index (χ1n) is 9.44. The van der Waals surface area contributed by atoms with Crippen molar-refractivity contribution in [1.29, 1.82) is 0 Å². The molecule has 0 radical (unpaired) electrons. The number of nitrogens with zero attached hydrogens (tertiary/aromatic N) is 2. The minimum Gasteiger partial charge on any atom is -0.334 e. The summed E-state index contributed by atoms with van der Waals surface area (Å²) in [6.45, 7) is 4.97. The Labute approximate surface area is 174 Å². The van der Waals surface area contributed by atoms with E-state index in [4.69, 9.17) is 0 Å². The zero-order valence-electron chi connectivity index (χ0n) is 15.7. The van der Waals surface area contributed by atoms with Crippen molar-refractivity contribution >= 4 is 47.6 Å². The number of piperazine rings is 1. The molecule has 2 aliphatic rings. The maximum Gasteiger partial charge on any atom is 0.222 e. The summed E-state index contributed by atoms with van der Waals surface area (Å²) in [5.41, 5.74) is 1.28. The molecule has 2 atom stereocenters. The lowest BCUT2D eigenvalue weighted by Gasteiger charge is -2.40. The lowest BCUT2D eigenvalue weighted by molar-refractivity contribution is -0.136. The van der Waals surface area contributed by atoms with Gasteiger partial charge >= 0.3 is 0 Å². The molecular formula is C22H28Cl2N2O. The highest BCUT2D eigenvalue weighted by atomic mass is 35.5. The molecule has 4 rings (SSSR count). The van der Waals surface area contributed by atoms with Crippen molar-refractivity contribution in [1.82, 2.24) is 9.80 Å². The van der Waals surface area contributed by atoms with Gasteiger partial charge in [0.05, 0.1) is 0 Å². The molecule has 27 heavy (non-hydrogen) atoms. The normalized spacial score (nSPS) is 21.9. The van der Waals surface area contributed by atoms with Crippen molar-refractivity contribution in [3.63, 3.8) is 0 Å². The number of benzene rings is 2. The number of hydrogen-bond donors (Lipinski definition) is 0. The molecule has 2 bridgehead atoms. The van der Waals surface area contributed by atoms with Crippen LogP contribution in [-0.2, 0) is 4.79 Å². The fraction of sp³-hybridized carbons (Fsp3) is 0.409. The summed E-state index contributed by atoms with van der Waals surface area (Å²) >= 11 is 0. The molecule has 5 heteroatoms. The van der Waals surface area contributed by atoms with Gasteiger partial charge in [-0.2, -0.15) is 0 Å². The molecule has 2 aromatic carbocycles. The molecule has 0 saturated carbocycles. The molecule has 2 aliphatic heterocycles. The number of amides is 1. The third kappa shape index (κ3) is 4.48.